The lowest BCUT2D eigenvalue weighted by atomic mass is 9.75. The van der Waals surface area contributed by atoms with Crippen LogP contribution in [0.4, 0.5) is 0 Å². The van der Waals surface area contributed by atoms with Crippen LogP contribution >= 0.6 is 0 Å². The van der Waals surface area contributed by atoms with E-state index in [0.29, 0.717) is 5.91 Å². The van der Waals surface area contributed by atoms with Crippen LogP contribution in [-0.4, -0.2) is 23.9 Å². The molecule has 1 heterocycles. The van der Waals surface area contributed by atoms with E-state index in [0.717, 1.165) is 19.5 Å². The zero-order valence-electron chi connectivity index (χ0n) is 9.26. The van der Waals surface area contributed by atoms with E-state index in [2.05, 4.69) is 27.7 Å². The molecular weight excluding hydrogens is 162 g/mol. The van der Waals surface area contributed by atoms with Crippen molar-refractivity contribution in [3.8, 4) is 0 Å². The van der Waals surface area contributed by atoms with Crippen LogP contribution in [0.15, 0.2) is 0 Å². The molecule has 76 valence electrons. The van der Waals surface area contributed by atoms with Gasteiger partial charge in [0.15, 0.2) is 0 Å². The van der Waals surface area contributed by atoms with E-state index in [1.165, 1.54) is 6.42 Å². The summed E-state index contributed by atoms with van der Waals surface area (Å²) in [4.78, 5) is 13.9. The number of carbonyl (C=O) groups is 1. The maximum atomic E-state index is 11.9. The zero-order valence-corrected chi connectivity index (χ0v) is 9.26. The van der Waals surface area contributed by atoms with Gasteiger partial charge >= 0.3 is 0 Å². The molecule has 0 aromatic rings. The highest BCUT2D eigenvalue weighted by Gasteiger charge is 2.35. The van der Waals surface area contributed by atoms with E-state index in [-0.39, 0.29) is 11.3 Å². The highest BCUT2D eigenvalue weighted by atomic mass is 16.2. The van der Waals surface area contributed by atoms with Crippen molar-refractivity contribution in [2.45, 2.75) is 40.5 Å². The lowest BCUT2D eigenvalue weighted by Crippen LogP contribution is -2.45. The van der Waals surface area contributed by atoms with Gasteiger partial charge in [0, 0.05) is 19.0 Å². The third-order valence-corrected chi connectivity index (χ3v) is 2.96. The highest BCUT2D eigenvalue weighted by molar-refractivity contribution is 5.80. The minimum absolute atomic E-state index is 0.130. The number of likely N-dealkylation sites (tertiary alicyclic amines) is 1. The van der Waals surface area contributed by atoms with Gasteiger partial charge in [0.2, 0.25) is 5.91 Å². The van der Waals surface area contributed by atoms with E-state index >= 15 is 0 Å². The van der Waals surface area contributed by atoms with Crippen LogP contribution in [0, 0.1) is 11.3 Å². The third-order valence-electron chi connectivity index (χ3n) is 2.96. The topological polar surface area (TPSA) is 20.3 Å². The summed E-state index contributed by atoms with van der Waals surface area (Å²) in [7, 11) is 0. The first-order valence-corrected chi connectivity index (χ1v) is 5.25. The van der Waals surface area contributed by atoms with Gasteiger partial charge in [-0.3, -0.25) is 4.79 Å². The number of piperidine rings is 1. The Kier molecular flexibility index (Phi) is 2.99. The van der Waals surface area contributed by atoms with Crippen molar-refractivity contribution in [3.05, 3.63) is 0 Å². The summed E-state index contributed by atoms with van der Waals surface area (Å²) < 4.78 is 0. The Morgan fingerprint density at radius 1 is 1.46 bits per heavy atom. The molecule has 13 heavy (non-hydrogen) atoms. The summed E-state index contributed by atoms with van der Waals surface area (Å²) in [5, 5.41) is 0. The Balaban J connectivity index is 2.71. The van der Waals surface area contributed by atoms with Crippen molar-refractivity contribution in [2.75, 3.05) is 13.1 Å². The average Bonchev–Trinajstić information content (AvgIpc) is 2.02. The molecule has 2 heteroatoms. The minimum atomic E-state index is 0.130. The third kappa shape index (κ3) is 2.23. The molecule has 1 atom stereocenters. The molecule has 1 rings (SSSR count). The van der Waals surface area contributed by atoms with Gasteiger partial charge in [-0.25, -0.2) is 0 Å². The Hall–Kier alpha value is -0.530. The second-order valence-corrected chi connectivity index (χ2v) is 4.98. The molecule has 1 amide bonds. The first-order chi connectivity index (χ1) is 5.96. The second kappa shape index (κ2) is 3.69. The van der Waals surface area contributed by atoms with Gasteiger partial charge in [-0.05, 0) is 25.2 Å². The van der Waals surface area contributed by atoms with Crippen LogP contribution in [0.1, 0.15) is 40.5 Å². The largest absolute Gasteiger partial charge is 0.343 e. The summed E-state index contributed by atoms with van der Waals surface area (Å²) in [6.45, 7) is 10.4. The molecule has 0 aromatic carbocycles. The standard InChI is InChI=1S/C11H21NO/c1-5-12-8-6-7-9(10(12)13)11(2,3)4/h9H,5-8H2,1-4H3. The summed E-state index contributed by atoms with van der Waals surface area (Å²) in [5.74, 6) is 0.599. The Bertz CT molecular complexity index is 193. The monoisotopic (exact) mass is 183 g/mol. The fourth-order valence-electron chi connectivity index (χ4n) is 2.06. The molecule has 1 saturated heterocycles. The molecule has 1 fully saturated rings. The molecule has 0 spiro atoms. The summed E-state index contributed by atoms with van der Waals surface area (Å²) in [5.41, 5.74) is 0.130. The highest BCUT2D eigenvalue weighted by Crippen LogP contribution is 2.33. The van der Waals surface area contributed by atoms with Gasteiger partial charge in [0.1, 0.15) is 0 Å². The van der Waals surface area contributed by atoms with Gasteiger partial charge in [-0.1, -0.05) is 20.8 Å². The lowest BCUT2D eigenvalue weighted by molar-refractivity contribution is -0.142. The van der Waals surface area contributed by atoms with Crippen LogP contribution in [0.2, 0.25) is 0 Å². The molecule has 0 radical (unpaired) electrons. The Morgan fingerprint density at radius 3 is 2.54 bits per heavy atom. The predicted octanol–water partition coefficient (Wildman–Crippen LogP) is 2.29. The van der Waals surface area contributed by atoms with Gasteiger partial charge < -0.3 is 4.90 Å². The molecule has 0 aliphatic carbocycles. The van der Waals surface area contributed by atoms with E-state index in [4.69, 9.17) is 0 Å². The summed E-state index contributed by atoms with van der Waals surface area (Å²) >= 11 is 0. The molecule has 1 aliphatic rings. The zero-order chi connectivity index (χ0) is 10.1. The van der Waals surface area contributed by atoms with Crippen LogP contribution in [0.3, 0.4) is 0 Å². The number of hydrogen-bond donors (Lipinski definition) is 0. The number of rotatable bonds is 1. The molecule has 0 saturated carbocycles. The van der Waals surface area contributed by atoms with E-state index < -0.39 is 0 Å². The van der Waals surface area contributed by atoms with Crippen molar-refractivity contribution in [3.63, 3.8) is 0 Å². The number of carbonyl (C=O) groups excluding carboxylic acids is 1. The van der Waals surface area contributed by atoms with Crippen LogP contribution in [0.5, 0.6) is 0 Å². The van der Waals surface area contributed by atoms with Crippen LogP contribution < -0.4 is 0 Å². The smallest absolute Gasteiger partial charge is 0.226 e. The fraction of sp³-hybridized carbons (Fsp3) is 0.909. The number of hydrogen-bond acceptors (Lipinski definition) is 1. The maximum Gasteiger partial charge on any atom is 0.226 e. The molecule has 2 nitrogen and oxygen atoms in total. The van der Waals surface area contributed by atoms with Crippen molar-refractivity contribution in [1.82, 2.24) is 4.90 Å². The molecule has 1 aliphatic heterocycles. The van der Waals surface area contributed by atoms with E-state index in [1.54, 1.807) is 0 Å². The van der Waals surface area contributed by atoms with Crippen LogP contribution in [-0.2, 0) is 4.79 Å². The average molecular weight is 183 g/mol. The Labute approximate surface area is 81.3 Å². The normalized spacial score (nSPS) is 25.1. The summed E-state index contributed by atoms with van der Waals surface area (Å²) in [6, 6.07) is 0. The lowest BCUT2D eigenvalue weighted by Gasteiger charge is -2.38. The first-order valence-electron chi connectivity index (χ1n) is 5.25. The molecule has 0 aromatic heterocycles. The minimum Gasteiger partial charge on any atom is -0.343 e. The van der Waals surface area contributed by atoms with Crippen molar-refractivity contribution >= 4 is 5.91 Å². The van der Waals surface area contributed by atoms with Crippen molar-refractivity contribution in [1.29, 1.82) is 0 Å². The summed E-state index contributed by atoms with van der Waals surface area (Å²) in [6.07, 6.45) is 2.24. The second-order valence-electron chi connectivity index (χ2n) is 4.98. The fourth-order valence-corrected chi connectivity index (χ4v) is 2.06. The first kappa shape index (κ1) is 10.6. The molecule has 0 N–H and O–H groups in total. The van der Waals surface area contributed by atoms with E-state index in [9.17, 15) is 4.79 Å². The predicted molar refractivity (Wildman–Crippen MR) is 54.4 cm³/mol. The maximum absolute atomic E-state index is 11.9. The van der Waals surface area contributed by atoms with Gasteiger partial charge in [0.05, 0.1) is 0 Å². The van der Waals surface area contributed by atoms with Crippen molar-refractivity contribution in [2.24, 2.45) is 11.3 Å². The SMILES string of the molecule is CCN1CCCC(C(C)(C)C)C1=O. The van der Waals surface area contributed by atoms with Gasteiger partial charge in [-0.2, -0.15) is 0 Å². The van der Waals surface area contributed by atoms with E-state index in [1.807, 2.05) is 4.90 Å². The molecular formula is C11H21NO. The van der Waals surface area contributed by atoms with Gasteiger partial charge in [0.25, 0.3) is 0 Å². The van der Waals surface area contributed by atoms with Crippen molar-refractivity contribution < 1.29 is 4.79 Å². The van der Waals surface area contributed by atoms with Gasteiger partial charge in [-0.15, -0.1) is 0 Å². The quantitative estimate of drug-likeness (QED) is 0.611. The molecule has 1 unspecified atom stereocenters. The van der Waals surface area contributed by atoms with Crippen LogP contribution in [0.25, 0.3) is 0 Å². The Morgan fingerprint density at radius 2 is 2.08 bits per heavy atom. The molecule has 0 bridgehead atoms. The number of amides is 1. The number of nitrogens with zero attached hydrogens (tertiary/aromatic N) is 1.